The molecule has 3 aromatic rings. The number of hydrogen-bond donors (Lipinski definition) is 0. The molecule has 7 nitrogen and oxygen atoms in total. The SMILES string of the molecule is COC(=O)c1ccc([C@H]2c3c(oc4cc(C)c(C)cc4c3=O)C(=O)N2CCCN(C)C)cc1. The van der Waals surface area contributed by atoms with Crippen molar-refractivity contribution in [1.29, 1.82) is 0 Å². The Kier molecular flexibility index (Phi) is 6.08. The lowest BCUT2D eigenvalue weighted by Crippen LogP contribution is -2.32. The lowest BCUT2D eigenvalue weighted by Gasteiger charge is -2.26. The first-order chi connectivity index (χ1) is 15.7. The molecule has 7 heteroatoms. The number of ether oxygens (including phenoxy) is 1. The molecule has 1 amide bonds. The number of amides is 1. The van der Waals surface area contributed by atoms with E-state index < -0.39 is 12.0 Å². The van der Waals surface area contributed by atoms with Crippen molar-refractivity contribution in [3.63, 3.8) is 0 Å². The fourth-order valence-corrected chi connectivity index (χ4v) is 4.33. The van der Waals surface area contributed by atoms with Gasteiger partial charge >= 0.3 is 5.97 Å². The van der Waals surface area contributed by atoms with Crippen LogP contribution in [0, 0.1) is 13.8 Å². The summed E-state index contributed by atoms with van der Waals surface area (Å²) in [6, 6.07) is 9.89. The van der Waals surface area contributed by atoms with Crippen molar-refractivity contribution >= 4 is 22.8 Å². The molecule has 33 heavy (non-hydrogen) atoms. The molecule has 0 bridgehead atoms. The van der Waals surface area contributed by atoms with E-state index >= 15 is 0 Å². The Morgan fingerprint density at radius 2 is 1.76 bits per heavy atom. The monoisotopic (exact) mass is 448 g/mol. The van der Waals surface area contributed by atoms with Gasteiger partial charge in [-0.1, -0.05) is 12.1 Å². The van der Waals surface area contributed by atoms with Gasteiger partial charge in [-0.3, -0.25) is 9.59 Å². The second kappa shape index (κ2) is 8.83. The number of carbonyl (C=O) groups excluding carboxylic acids is 2. The topological polar surface area (TPSA) is 80.1 Å². The van der Waals surface area contributed by atoms with Gasteiger partial charge in [0.15, 0.2) is 5.43 Å². The molecule has 1 aromatic heterocycles. The predicted molar refractivity (Wildman–Crippen MR) is 126 cm³/mol. The van der Waals surface area contributed by atoms with Gasteiger partial charge in [0.05, 0.1) is 29.7 Å². The third-order valence-corrected chi connectivity index (χ3v) is 6.23. The number of aryl methyl sites for hydroxylation is 2. The standard InChI is InChI=1S/C26H28N2O5/c1-15-13-19-20(14-16(15)2)33-24-21(23(19)29)22(28(25(24)30)12-6-11-27(3)4)17-7-9-18(10-8-17)26(31)32-5/h7-10,13-14,22H,6,11-12H2,1-5H3/t22-/m0/s1. The molecule has 0 unspecified atom stereocenters. The van der Waals surface area contributed by atoms with E-state index in [1.165, 1.54) is 7.11 Å². The zero-order valence-electron chi connectivity index (χ0n) is 19.6. The van der Waals surface area contributed by atoms with Gasteiger partial charge in [0.25, 0.3) is 5.91 Å². The molecular formula is C26H28N2O5. The Balaban J connectivity index is 1.87. The van der Waals surface area contributed by atoms with E-state index in [0.717, 1.165) is 29.7 Å². The highest BCUT2D eigenvalue weighted by atomic mass is 16.5. The molecule has 0 aliphatic carbocycles. The van der Waals surface area contributed by atoms with Crippen LogP contribution in [0.5, 0.6) is 0 Å². The molecule has 4 rings (SSSR count). The van der Waals surface area contributed by atoms with Gasteiger partial charge < -0.3 is 19.0 Å². The van der Waals surface area contributed by atoms with Gasteiger partial charge in [-0.05, 0) is 81.9 Å². The zero-order valence-corrected chi connectivity index (χ0v) is 19.6. The summed E-state index contributed by atoms with van der Waals surface area (Å²) in [5, 5.41) is 0.468. The minimum atomic E-state index is -0.580. The number of rotatable bonds is 6. The van der Waals surface area contributed by atoms with Crippen LogP contribution >= 0.6 is 0 Å². The average Bonchev–Trinajstić information content (AvgIpc) is 3.06. The zero-order chi connectivity index (χ0) is 23.9. The molecule has 172 valence electrons. The third-order valence-electron chi connectivity index (χ3n) is 6.23. The van der Waals surface area contributed by atoms with Crippen LogP contribution in [0.4, 0.5) is 0 Å². The van der Waals surface area contributed by atoms with Crippen molar-refractivity contribution in [1.82, 2.24) is 9.80 Å². The summed E-state index contributed by atoms with van der Waals surface area (Å²) in [6.07, 6.45) is 0.745. The van der Waals surface area contributed by atoms with Crippen molar-refractivity contribution in [2.45, 2.75) is 26.3 Å². The van der Waals surface area contributed by atoms with Gasteiger partial charge in [-0.25, -0.2) is 4.79 Å². The molecule has 0 fully saturated rings. The molecule has 1 aliphatic heterocycles. The van der Waals surface area contributed by atoms with E-state index in [2.05, 4.69) is 4.90 Å². The largest absolute Gasteiger partial charge is 0.465 e. The Bertz CT molecular complexity index is 1290. The van der Waals surface area contributed by atoms with Crippen LogP contribution in [-0.4, -0.2) is 56.0 Å². The highest BCUT2D eigenvalue weighted by molar-refractivity contribution is 5.99. The van der Waals surface area contributed by atoms with Crippen LogP contribution in [0.2, 0.25) is 0 Å². The van der Waals surface area contributed by atoms with Crippen LogP contribution in [0.15, 0.2) is 45.6 Å². The fourth-order valence-electron chi connectivity index (χ4n) is 4.33. The lowest BCUT2D eigenvalue weighted by atomic mass is 9.96. The average molecular weight is 449 g/mol. The van der Waals surface area contributed by atoms with E-state index in [0.29, 0.717) is 28.6 Å². The molecular weight excluding hydrogens is 420 g/mol. The molecule has 0 spiro atoms. The van der Waals surface area contributed by atoms with Gasteiger partial charge in [0, 0.05) is 6.54 Å². The molecule has 1 atom stereocenters. The van der Waals surface area contributed by atoms with E-state index in [4.69, 9.17) is 9.15 Å². The molecule has 0 radical (unpaired) electrons. The van der Waals surface area contributed by atoms with E-state index in [1.54, 1.807) is 29.2 Å². The maximum Gasteiger partial charge on any atom is 0.337 e. The summed E-state index contributed by atoms with van der Waals surface area (Å²) in [7, 11) is 5.28. The smallest absolute Gasteiger partial charge is 0.337 e. The minimum absolute atomic E-state index is 0.0997. The van der Waals surface area contributed by atoms with E-state index in [-0.39, 0.29) is 17.1 Å². The number of hydrogen-bond acceptors (Lipinski definition) is 6. The van der Waals surface area contributed by atoms with Crippen LogP contribution < -0.4 is 5.43 Å². The number of carbonyl (C=O) groups is 2. The number of fused-ring (bicyclic) bond motifs is 2. The predicted octanol–water partition coefficient (Wildman–Crippen LogP) is 3.69. The minimum Gasteiger partial charge on any atom is -0.465 e. The van der Waals surface area contributed by atoms with Crippen molar-refractivity contribution in [3.8, 4) is 0 Å². The van der Waals surface area contributed by atoms with Gasteiger partial charge in [-0.2, -0.15) is 0 Å². The maximum absolute atomic E-state index is 13.6. The number of methoxy groups -OCH3 is 1. The van der Waals surface area contributed by atoms with Crippen molar-refractivity contribution in [3.05, 3.63) is 80.2 Å². The summed E-state index contributed by atoms with van der Waals surface area (Å²) in [6.45, 7) is 5.17. The molecule has 0 saturated carbocycles. The summed E-state index contributed by atoms with van der Waals surface area (Å²) < 4.78 is 10.8. The Labute approximate surface area is 192 Å². The van der Waals surface area contributed by atoms with Crippen LogP contribution in [0.3, 0.4) is 0 Å². The first-order valence-corrected chi connectivity index (χ1v) is 10.9. The summed E-state index contributed by atoms with van der Waals surface area (Å²) >= 11 is 0. The fraction of sp³-hybridized carbons (Fsp3) is 0.346. The Hall–Kier alpha value is -3.45. The van der Waals surface area contributed by atoms with Crippen molar-refractivity contribution in [2.75, 3.05) is 34.3 Å². The first-order valence-electron chi connectivity index (χ1n) is 10.9. The van der Waals surface area contributed by atoms with Crippen LogP contribution in [0.1, 0.15) is 55.6 Å². The molecule has 2 aromatic carbocycles. The summed E-state index contributed by atoms with van der Waals surface area (Å²) in [5.41, 5.74) is 3.71. The molecule has 1 aliphatic rings. The third kappa shape index (κ3) is 4.04. The van der Waals surface area contributed by atoms with Crippen molar-refractivity contribution < 1.29 is 18.7 Å². The first kappa shape index (κ1) is 22.7. The summed E-state index contributed by atoms with van der Waals surface area (Å²) in [4.78, 5) is 42.7. The van der Waals surface area contributed by atoms with Gasteiger partial charge in [0.2, 0.25) is 5.76 Å². The van der Waals surface area contributed by atoms with E-state index in [1.807, 2.05) is 40.1 Å². The van der Waals surface area contributed by atoms with Gasteiger partial charge in [0.1, 0.15) is 5.58 Å². The second-order valence-electron chi connectivity index (χ2n) is 8.78. The normalized spacial score (nSPS) is 15.4. The van der Waals surface area contributed by atoms with Gasteiger partial charge in [-0.15, -0.1) is 0 Å². The quantitative estimate of drug-likeness (QED) is 0.535. The molecule has 0 saturated heterocycles. The Morgan fingerprint density at radius 1 is 1.09 bits per heavy atom. The van der Waals surface area contributed by atoms with E-state index in [9.17, 15) is 14.4 Å². The summed E-state index contributed by atoms with van der Waals surface area (Å²) in [5.74, 6) is -0.630. The lowest BCUT2D eigenvalue weighted by molar-refractivity contribution is 0.0600. The molecule has 0 N–H and O–H groups in total. The Morgan fingerprint density at radius 3 is 2.39 bits per heavy atom. The highest BCUT2D eigenvalue weighted by Crippen LogP contribution is 2.38. The highest BCUT2D eigenvalue weighted by Gasteiger charge is 2.42. The number of nitrogens with zero attached hydrogens (tertiary/aromatic N) is 2. The maximum atomic E-state index is 13.6. The number of benzene rings is 2. The van der Waals surface area contributed by atoms with Crippen molar-refractivity contribution in [2.24, 2.45) is 0 Å². The molecule has 2 heterocycles. The van der Waals surface area contributed by atoms with Crippen LogP contribution in [0.25, 0.3) is 11.0 Å². The number of esters is 1. The van der Waals surface area contributed by atoms with Crippen LogP contribution in [-0.2, 0) is 4.74 Å². The second-order valence-corrected chi connectivity index (χ2v) is 8.78.